The summed E-state index contributed by atoms with van der Waals surface area (Å²) in [6.07, 6.45) is 1.13. The van der Waals surface area contributed by atoms with Crippen molar-refractivity contribution in [2.24, 2.45) is 5.73 Å². The molecule has 2 N–H and O–H groups in total. The van der Waals surface area contributed by atoms with E-state index in [1.165, 1.54) is 0 Å². The Bertz CT molecular complexity index is 304. The fraction of sp³-hybridized carbons (Fsp3) is 0.929. The third-order valence-electron chi connectivity index (χ3n) is 4.34. The first-order valence-corrected chi connectivity index (χ1v) is 7.80. The second-order valence-corrected chi connectivity index (χ2v) is 5.94. The molecule has 1 amide bonds. The van der Waals surface area contributed by atoms with Crippen molar-refractivity contribution in [1.82, 2.24) is 19.6 Å². The maximum atomic E-state index is 12.3. The van der Waals surface area contributed by atoms with Gasteiger partial charge in [0.05, 0.1) is 6.54 Å². The highest BCUT2D eigenvalue weighted by Crippen LogP contribution is 2.05. The molecule has 2 aliphatic heterocycles. The van der Waals surface area contributed by atoms with Gasteiger partial charge in [-0.15, -0.1) is 0 Å². The summed E-state index contributed by atoms with van der Waals surface area (Å²) in [6, 6.07) is 0. The Morgan fingerprint density at radius 3 is 2.30 bits per heavy atom. The number of carbonyl (C=O) groups is 1. The smallest absolute Gasteiger partial charge is 0.236 e. The van der Waals surface area contributed by atoms with Crippen molar-refractivity contribution in [3.63, 3.8) is 0 Å². The average Bonchev–Trinajstić information content (AvgIpc) is 2.66. The lowest BCUT2D eigenvalue weighted by Gasteiger charge is -2.33. The number of hydrogen-bond donors (Lipinski definition) is 1. The molecule has 2 aliphatic rings. The molecule has 0 saturated carbocycles. The Balaban J connectivity index is 1.74. The van der Waals surface area contributed by atoms with Gasteiger partial charge in [0.15, 0.2) is 0 Å². The maximum Gasteiger partial charge on any atom is 0.236 e. The lowest BCUT2D eigenvalue weighted by molar-refractivity contribution is -0.133. The second-order valence-electron chi connectivity index (χ2n) is 5.94. The number of rotatable bonds is 4. The van der Waals surface area contributed by atoms with Crippen molar-refractivity contribution in [3.05, 3.63) is 0 Å². The molecule has 0 spiro atoms. The minimum atomic E-state index is 0.297. The summed E-state index contributed by atoms with van der Waals surface area (Å²) in [6.45, 7) is 10.2. The number of nitrogens with zero attached hydrogens (tertiary/aromatic N) is 4. The van der Waals surface area contributed by atoms with Gasteiger partial charge in [-0.25, -0.2) is 0 Å². The zero-order valence-corrected chi connectivity index (χ0v) is 12.8. The van der Waals surface area contributed by atoms with E-state index in [0.717, 1.165) is 71.9 Å². The van der Waals surface area contributed by atoms with Gasteiger partial charge < -0.3 is 20.4 Å². The number of carbonyl (C=O) groups excluding carboxylic acids is 1. The molecule has 116 valence electrons. The molecule has 0 aromatic heterocycles. The van der Waals surface area contributed by atoms with Gasteiger partial charge in [-0.3, -0.25) is 9.69 Å². The molecule has 2 rings (SSSR count). The Labute approximate surface area is 122 Å². The van der Waals surface area contributed by atoms with Crippen LogP contribution in [-0.2, 0) is 4.79 Å². The van der Waals surface area contributed by atoms with E-state index in [2.05, 4.69) is 21.7 Å². The van der Waals surface area contributed by atoms with E-state index < -0.39 is 0 Å². The molecule has 6 nitrogen and oxygen atoms in total. The van der Waals surface area contributed by atoms with Gasteiger partial charge >= 0.3 is 0 Å². The van der Waals surface area contributed by atoms with Crippen molar-refractivity contribution >= 4 is 5.91 Å². The van der Waals surface area contributed by atoms with E-state index >= 15 is 0 Å². The monoisotopic (exact) mass is 283 g/mol. The number of amides is 1. The minimum Gasteiger partial charge on any atom is -0.339 e. The highest BCUT2D eigenvalue weighted by atomic mass is 16.2. The van der Waals surface area contributed by atoms with Crippen LogP contribution in [0.25, 0.3) is 0 Å². The Morgan fingerprint density at radius 1 is 0.950 bits per heavy atom. The first-order chi connectivity index (χ1) is 9.69. The SMILES string of the molecule is CN1CCN(C(=O)CN2CCCN(CCN)CC2)CC1. The lowest BCUT2D eigenvalue weighted by Crippen LogP contribution is -2.50. The van der Waals surface area contributed by atoms with Gasteiger partial charge in [0.1, 0.15) is 0 Å². The summed E-state index contributed by atoms with van der Waals surface area (Å²) < 4.78 is 0. The molecule has 0 bridgehead atoms. The van der Waals surface area contributed by atoms with Gasteiger partial charge in [-0.1, -0.05) is 0 Å². The number of nitrogens with two attached hydrogens (primary N) is 1. The molecule has 0 aromatic carbocycles. The molecule has 0 aliphatic carbocycles. The van der Waals surface area contributed by atoms with Crippen LogP contribution < -0.4 is 5.73 Å². The van der Waals surface area contributed by atoms with Crippen LogP contribution in [0.3, 0.4) is 0 Å². The van der Waals surface area contributed by atoms with Crippen LogP contribution in [0.15, 0.2) is 0 Å². The standard InChI is InChI=1S/C14H29N5O/c1-16-7-11-19(12-8-16)14(20)13-18-5-2-4-17(6-3-15)9-10-18/h2-13,15H2,1H3. The van der Waals surface area contributed by atoms with Crippen LogP contribution >= 0.6 is 0 Å². The fourth-order valence-corrected chi connectivity index (χ4v) is 2.94. The number of hydrogen-bond acceptors (Lipinski definition) is 5. The highest BCUT2D eigenvalue weighted by Gasteiger charge is 2.22. The zero-order valence-electron chi connectivity index (χ0n) is 12.8. The maximum absolute atomic E-state index is 12.3. The van der Waals surface area contributed by atoms with Crippen molar-refractivity contribution in [3.8, 4) is 0 Å². The first-order valence-electron chi connectivity index (χ1n) is 7.80. The number of likely N-dealkylation sites (N-methyl/N-ethyl adjacent to an activating group) is 1. The van der Waals surface area contributed by atoms with E-state index in [0.29, 0.717) is 12.5 Å². The third kappa shape index (κ3) is 4.70. The normalized spacial score (nSPS) is 23.8. The molecule has 0 unspecified atom stereocenters. The van der Waals surface area contributed by atoms with Crippen molar-refractivity contribution in [1.29, 1.82) is 0 Å². The number of piperazine rings is 1. The summed E-state index contributed by atoms with van der Waals surface area (Å²) in [7, 11) is 2.11. The summed E-state index contributed by atoms with van der Waals surface area (Å²) in [5.41, 5.74) is 5.61. The van der Waals surface area contributed by atoms with Crippen LogP contribution in [-0.4, -0.2) is 105 Å². The van der Waals surface area contributed by atoms with Crippen molar-refractivity contribution in [2.45, 2.75) is 6.42 Å². The van der Waals surface area contributed by atoms with Crippen molar-refractivity contribution < 1.29 is 4.79 Å². The van der Waals surface area contributed by atoms with Crippen LogP contribution in [0.4, 0.5) is 0 Å². The zero-order chi connectivity index (χ0) is 14.4. The Morgan fingerprint density at radius 2 is 1.60 bits per heavy atom. The minimum absolute atomic E-state index is 0.297. The van der Waals surface area contributed by atoms with E-state index in [1.54, 1.807) is 0 Å². The summed E-state index contributed by atoms with van der Waals surface area (Å²) >= 11 is 0. The quantitative estimate of drug-likeness (QED) is 0.697. The summed E-state index contributed by atoms with van der Waals surface area (Å²) in [4.78, 5) is 21.3. The van der Waals surface area contributed by atoms with Gasteiger partial charge in [0.25, 0.3) is 0 Å². The molecular formula is C14H29N5O. The summed E-state index contributed by atoms with van der Waals surface area (Å²) in [5.74, 6) is 0.297. The van der Waals surface area contributed by atoms with Crippen LogP contribution in [0.1, 0.15) is 6.42 Å². The second kappa shape index (κ2) is 7.93. The van der Waals surface area contributed by atoms with Gasteiger partial charge in [-0.05, 0) is 26.6 Å². The van der Waals surface area contributed by atoms with Gasteiger partial charge in [0.2, 0.25) is 5.91 Å². The fourth-order valence-electron chi connectivity index (χ4n) is 2.94. The predicted molar refractivity (Wildman–Crippen MR) is 80.6 cm³/mol. The lowest BCUT2D eigenvalue weighted by atomic mass is 10.3. The molecule has 0 radical (unpaired) electrons. The topological polar surface area (TPSA) is 56.0 Å². The van der Waals surface area contributed by atoms with Crippen LogP contribution in [0, 0.1) is 0 Å². The first kappa shape index (κ1) is 15.7. The highest BCUT2D eigenvalue weighted by molar-refractivity contribution is 5.78. The van der Waals surface area contributed by atoms with Gasteiger partial charge in [-0.2, -0.15) is 0 Å². The largest absolute Gasteiger partial charge is 0.339 e. The van der Waals surface area contributed by atoms with E-state index in [1.807, 2.05) is 4.90 Å². The third-order valence-corrected chi connectivity index (χ3v) is 4.34. The molecule has 2 saturated heterocycles. The van der Waals surface area contributed by atoms with E-state index in [-0.39, 0.29) is 0 Å². The molecule has 0 atom stereocenters. The molecular weight excluding hydrogens is 254 g/mol. The van der Waals surface area contributed by atoms with E-state index in [4.69, 9.17) is 5.73 Å². The van der Waals surface area contributed by atoms with Crippen LogP contribution in [0.2, 0.25) is 0 Å². The molecule has 2 heterocycles. The molecule has 20 heavy (non-hydrogen) atoms. The van der Waals surface area contributed by atoms with Crippen molar-refractivity contribution in [2.75, 3.05) is 79.0 Å². The Hall–Kier alpha value is -0.690. The van der Waals surface area contributed by atoms with Gasteiger partial charge in [0, 0.05) is 52.4 Å². The molecule has 0 aromatic rings. The average molecular weight is 283 g/mol. The summed E-state index contributed by atoms with van der Waals surface area (Å²) in [5, 5.41) is 0. The van der Waals surface area contributed by atoms with E-state index in [9.17, 15) is 4.79 Å². The van der Waals surface area contributed by atoms with Crippen LogP contribution in [0.5, 0.6) is 0 Å². The molecule has 6 heteroatoms. The molecule has 2 fully saturated rings. The Kier molecular flexibility index (Phi) is 6.22. The predicted octanol–water partition coefficient (Wildman–Crippen LogP) is -1.27.